The van der Waals surface area contributed by atoms with Gasteiger partial charge in [-0.2, -0.15) is 0 Å². The lowest BCUT2D eigenvalue weighted by Gasteiger charge is -2.11. The van der Waals surface area contributed by atoms with Crippen LogP contribution in [0.25, 0.3) is 10.8 Å². The minimum atomic E-state index is -0.465. The molecule has 3 aromatic rings. The van der Waals surface area contributed by atoms with Crippen molar-refractivity contribution in [3.8, 4) is 5.75 Å². The average Bonchev–Trinajstić information content (AvgIpc) is 2.68. The van der Waals surface area contributed by atoms with Gasteiger partial charge in [0.1, 0.15) is 11.6 Å². The summed E-state index contributed by atoms with van der Waals surface area (Å²) in [6.07, 6.45) is 0.175. The van der Waals surface area contributed by atoms with Crippen molar-refractivity contribution in [1.29, 1.82) is 0 Å². The first kappa shape index (κ1) is 18.4. The van der Waals surface area contributed by atoms with E-state index >= 15 is 0 Å². The summed E-state index contributed by atoms with van der Waals surface area (Å²) in [5.41, 5.74) is 1.23. The fraction of sp³-hybridized carbons (Fsp3) is 0.143. The van der Waals surface area contributed by atoms with Crippen molar-refractivity contribution in [3.05, 3.63) is 72.0 Å². The van der Waals surface area contributed by atoms with Gasteiger partial charge in [0.15, 0.2) is 0 Å². The third-order valence-electron chi connectivity index (χ3n) is 4.11. The van der Waals surface area contributed by atoms with Crippen LogP contribution in [0, 0.1) is 5.82 Å². The number of hydrogen-bond donors (Lipinski definition) is 2. The summed E-state index contributed by atoms with van der Waals surface area (Å²) >= 11 is 0. The van der Waals surface area contributed by atoms with Crippen LogP contribution in [0.1, 0.15) is 5.56 Å². The summed E-state index contributed by atoms with van der Waals surface area (Å²) in [4.78, 5) is 24.3. The van der Waals surface area contributed by atoms with Gasteiger partial charge in [0, 0.05) is 6.07 Å². The van der Waals surface area contributed by atoms with E-state index in [1.54, 1.807) is 0 Å². The molecule has 0 radical (unpaired) electrons. The molecule has 138 valence electrons. The molecule has 3 rings (SSSR count). The number of halogens is 1. The maximum absolute atomic E-state index is 13.2. The molecule has 2 N–H and O–H groups in total. The van der Waals surface area contributed by atoms with E-state index in [2.05, 4.69) is 10.6 Å². The average molecular weight is 366 g/mol. The van der Waals surface area contributed by atoms with Crippen LogP contribution >= 0.6 is 0 Å². The number of rotatable bonds is 6. The highest BCUT2D eigenvalue weighted by Crippen LogP contribution is 2.24. The number of nitrogens with one attached hydrogen (secondary N) is 2. The van der Waals surface area contributed by atoms with Crippen LogP contribution in [-0.2, 0) is 16.0 Å². The monoisotopic (exact) mass is 366 g/mol. The highest BCUT2D eigenvalue weighted by molar-refractivity contribution is 5.96. The molecule has 0 aromatic heterocycles. The van der Waals surface area contributed by atoms with Crippen LogP contribution in [0.5, 0.6) is 5.75 Å². The molecular weight excluding hydrogens is 347 g/mol. The Hall–Kier alpha value is -3.41. The number of amides is 2. The predicted molar refractivity (Wildman–Crippen MR) is 102 cm³/mol. The Labute approximate surface area is 156 Å². The Morgan fingerprint density at radius 2 is 1.78 bits per heavy atom. The maximum Gasteiger partial charge on any atom is 0.243 e. The van der Waals surface area contributed by atoms with Crippen molar-refractivity contribution in [2.45, 2.75) is 6.42 Å². The third kappa shape index (κ3) is 4.61. The van der Waals surface area contributed by atoms with E-state index in [0.29, 0.717) is 5.69 Å². The summed E-state index contributed by atoms with van der Waals surface area (Å²) < 4.78 is 18.2. The first-order chi connectivity index (χ1) is 13.1. The molecule has 0 unspecified atom stereocenters. The van der Waals surface area contributed by atoms with Gasteiger partial charge in [-0.15, -0.1) is 0 Å². The van der Waals surface area contributed by atoms with Crippen LogP contribution in [0.2, 0.25) is 0 Å². The van der Waals surface area contributed by atoms with Gasteiger partial charge in [0.2, 0.25) is 11.8 Å². The molecule has 0 heterocycles. The van der Waals surface area contributed by atoms with E-state index in [0.717, 1.165) is 16.3 Å². The fourth-order valence-electron chi connectivity index (χ4n) is 2.82. The molecule has 0 saturated heterocycles. The second-order valence-corrected chi connectivity index (χ2v) is 5.98. The first-order valence-electron chi connectivity index (χ1n) is 8.43. The molecule has 0 aliphatic carbocycles. The van der Waals surface area contributed by atoms with Crippen molar-refractivity contribution in [2.24, 2.45) is 0 Å². The number of ether oxygens (including phenoxy) is 1. The van der Waals surface area contributed by atoms with E-state index in [1.165, 1.54) is 25.3 Å². The largest absolute Gasteiger partial charge is 0.494 e. The summed E-state index contributed by atoms with van der Waals surface area (Å²) in [6.45, 7) is -0.190. The minimum absolute atomic E-state index is 0.175. The molecular formula is C21H19FN2O3. The Morgan fingerprint density at radius 3 is 2.59 bits per heavy atom. The van der Waals surface area contributed by atoms with Crippen molar-refractivity contribution in [1.82, 2.24) is 5.32 Å². The van der Waals surface area contributed by atoms with Crippen LogP contribution in [0.4, 0.5) is 10.1 Å². The quantitative estimate of drug-likeness (QED) is 0.704. The van der Waals surface area contributed by atoms with Crippen molar-refractivity contribution in [3.63, 3.8) is 0 Å². The van der Waals surface area contributed by atoms with Gasteiger partial charge in [-0.1, -0.05) is 42.5 Å². The number of anilines is 1. The minimum Gasteiger partial charge on any atom is -0.494 e. The molecule has 2 amide bonds. The van der Waals surface area contributed by atoms with Crippen LogP contribution in [0.15, 0.2) is 60.7 Å². The van der Waals surface area contributed by atoms with Gasteiger partial charge in [-0.25, -0.2) is 4.39 Å². The molecule has 0 saturated carbocycles. The lowest BCUT2D eigenvalue weighted by molar-refractivity contribution is -0.123. The predicted octanol–water partition coefficient (Wildman–Crippen LogP) is 3.28. The number of carbonyl (C=O) groups excluding carboxylic acids is 2. The fourth-order valence-corrected chi connectivity index (χ4v) is 2.82. The molecule has 0 bridgehead atoms. The molecule has 5 nitrogen and oxygen atoms in total. The van der Waals surface area contributed by atoms with E-state index in [9.17, 15) is 14.0 Å². The Bertz CT molecular complexity index is 983. The summed E-state index contributed by atoms with van der Waals surface area (Å²) in [7, 11) is 1.39. The van der Waals surface area contributed by atoms with Crippen LogP contribution in [-0.4, -0.2) is 25.5 Å². The van der Waals surface area contributed by atoms with Gasteiger partial charge < -0.3 is 15.4 Å². The second-order valence-electron chi connectivity index (χ2n) is 5.98. The zero-order valence-electron chi connectivity index (χ0n) is 14.8. The maximum atomic E-state index is 13.2. The zero-order chi connectivity index (χ0) is 19.2. The molecule has 0 aliphatic heterocycles. The Morgan fingerprint density at radius 1 is 1.00 bits per heavy atom. The number of fused-ring (bicyclic) bond motifs is 1. The smallest absolute Gasteiger partial charge is 0.243 e. The van der Waals surface area contributed by atoms with Gasteiger partial charge in [0.25, 0.3) is 0 Å². The number of benzene rings is 3. The van der Waals surface area contributed by atoms with E-state index in [1.807, 2.05) is 42.5 Å². The summed E-state index contributed by atoms with van der Waals surface area (Å²) in [6, 6.07) is 17.4. The normalized spacial score (nSPS) is 10.4. The Kier molecular flexibility index (Phi) is 5.66. The summed E-state index contributed by atoms with van der Waals surface area (Å²) in [5.74, 6) is -0.933. The van der Waals surface area contributed by atoms with E-state index in [-0.39, 0.29) is 24.6 Å². The highest BCUT2D eigenvalue weighted by atomic mass is 19.1. The molecule has 0 atom stereocenters. The molecule has 0 aliphatic rings. The molecule has 3 aromatic carbocycles. The summed E-state index contributed by atoms with van der Waals surface area (Å²) in [5, 5.41) is 7.26. The van der Waals surface area contributed by atoms with E-state index in [4.69, 9.17) is 4.74 Å². The standard InChI is InChI=1S/C21H19FN2O3/c1-27-19-12-16(22)9-10-18(19)24-21(26)13-23-20(25)11-15-7-4-6-14-5-2-3-8-17(14)15/h2-10,12H,11,13H2,1H3,(H,23,25)(H,24,26). The lowest BCUT2D eigenvalue weighted by atomic mass is 10.0. The van der Waals surface area contributed by atoms with Crippen molar-refractivity contribution >= 4 is 28.3 Å². The van der Waals surface area contributed by atoms with Crippen LogP contribution < -0.4 is 15.4 Å². The van der Waals surface area contributed by atoms with Gasteiger partial charge >= 0.3 is 0 Å². The topological polar surface area (TPSA) is 67.4 Å². The highest BCUT2D eigenvalue weighted by Gasteiger charge is 2.11. The molecule has 6 heteroatoms. The van der Waals surface area contributed by atoms with Crippen LogP contribution in [0.3, 0.4) is 0 Å². The molecule has 0 spiro atoms. The van der Waals surface area contributed by atoms with Gasteiger partial charge in [-0.3, -0.25) is 9.59 Å². The molecule has 27 heavy (non-hydrogen) atoms. The lowest BCUT2D eigenvalue weighted by Crippen LogP contribution is -2.33. The second kappa shape index (κ2) is 8.31. The number of carbonyl (C=O) groups is 2. The third-order valence-corrected chi connectivity index (χ3v) is 4.11. The number of methoxy groups -OCH3 is 1. The van der Waals surface area contributed by atoms with Crippen molar-refractivity contribution in [2.75, 3.05) is 19.0 Å². The number of hydrogen-bond acceptors (Lipinski definition) is 3. The molecule has 0 fully saturated rings. The van der Waals surface area contributed by atoms with Gasteiger partial charge in [-0.05, 0) is 28.5 Å². The first-order valence-corrected chi connectivity index (χ1v) is 8.43. The van der Waals surface area contributed by atoms with Gasteiger partial charge in [0.05, 0.1) is 25.8 Å². The zero-order valence-corrected chi connectivity index (χ0v) is 14.8. The SMILES string of the molecule is COc1cc(F)ccc1NC(=O)CNC(=O)Cc1cccc2ccccc12. The Balaban J connectivity index is 1.58. The van der Waals surface area contributed by atoms with Crippen molar-refractivity contribution < 1.29 is 18.7 Å². The van der Waals surface area contributed by atoms with E-state index < -0.39 is 11.7 Å².